The Balaban J connectivity index is 1.90. The number of aryl methyl sites for hydroxylation is 1. The summed E-state index contributed by atoms with van der Waals surface area (Å²) in [6, 6.07) is 4.65. The predicted molar refractivity (Wildman–Crippen MR) is 85.6 cm³/mol. The number of hydrogen-bond acceptors (Lipinski definition) is 5. The highest BCUT2D eigenvalue weighted by atomic mass is 15.3. The van der Waals surface area contributed by atoms with Crippen LogP contribution in [0.4, 0.5) is 5.82 Å². The molecule has 5 heteroatoms. The van der Waals surface area contributed by atoms with Crippen molar-refractivity contribution in [3.05, 3.63) is 24.2 Å². The lowest BCUT2D eigenvalue weighted by atomic mass is 10.2. The second-order valence-electron chi connectivity index (χ2n) is 5.63. The van der Waals surface area contributed by atoms with Gasteiger partial charge in [-0.25, -0.2) is 15.0 Å². The quantitative estimate of drug-likeness (QED) is 0.862. The van der Waals surface area contributed by atoms with Crippen LogP contribution in [0.3, 0.4) is 0 Å². The molecule has 0 radical (unpaired) electrons. The van der Waals surface area contributed by atoms with E-state index < -0.39 is 0 Å². The Morgan fingerprint density at radius 3 is 2.81 bits per heavy atom. The minimum absolute atomic E-state index is 0.620. The lowest BCUT2D eigenvalue weighted by Gasteiger charge is -2.26. The van der Waals surface area contributed by atoms with Gasteiger partial charge in [0.05, 0.1) is 5.52 Å². The van der Waals surface area contributed by atoms with Crippen molar-refractivity contribution in [3.63, 3.8) is 0 Å². The van der Waals surface area contributed by atoms with Crippen LogP contribution in [0.2, 0.25) is 0 Å². The third-order valence-electron chi connectivity index (χ3n) is 4.39. The van der Waals surface area contributed by atoms with Crippen LogP contribution in [0.15, 0.2) is 18.5 Å². The smallest absolute Gasteiger partial charge is 0.158 e. The molecule has 0 saturated carbocycles. The highest BCUT2D eigenvalue weighted by Gasteiger charge is 2.28. The van der Waals surface area contributed by atoms with E-state index in [-0.39, 0.29) is 0 Å². The van der Waals surface area contributed by atoms with Gasteiger partial charge in [0, 0.05) is 24.8 Å². The molecule has 0 aliphatic carbocycles. The molecule has 1 fully saturated rings. The number of aromatic nitrogens is 3. The maximum Gasteiger partial charge on any atom is 0.158 e. The Kier molecular flexibility index (Phi) is 4.01. The molecular weight excluding hydrogens is 262 g/mol. The van der Waals surface area contributed by atoms with E-state index in [0.717, 1.165) is 48.7 Å². The number of nitrogens with zero attached hydrogens (tertiary/aromatic N) is 5. The topological polar surface area (TPSA) is 45.2 Å². The van der Waals surface area contributed by atoms with E-state index in [1.54, 1.807) is 6.33 Å². The van der Waals surface area contributed by atoms with Crippen LogP contribution < -0.4 is 4.90 Å². The first-order valence-corrected chi connectivity index (χ1v) is 7.80. The second kappa shape index (κ2) is 5.93. The highest BCUT2D eigenvalue weighted by molar-refractivity contribution is 5.85. The standard InChI is InChI=1S/C16H23N5/c1-4-20(5-2)13-8-9-21(10-13)16-15-14(17-11-18-16)7-6-12(3)19-15/h6-7,11,13H,4-5,8-10H2,1-3H3. The second-order valence-corrected chi connectivity index (χ2v) is 5.63. The molecule has 21 heavy (non-hydrogen) atoms. The maximum atomic E-state index is 4.65. The molecule has 1 aliphatic heterocycles. The van der Waals surface area contributed by atoms with Crippen LogP contribution in [0.25, 0.3) is 11.0 Å². The number of fused-ring (bicyclic) bond motifs is 1. The Bertz CT molecular complexity index is 623. The van der Waals surface area contributed by atoms with Crippen molar-refractivity contribution in [2.24, 2.45) is 0 Å². The average molecular weight is 285 g/mol. The summed E-state index contributed by atoms with van der Waals surface area (Å²) in [5.74, 6) is 0.985. The molecule has 3 heterocycles. The number of pyridine rings is 1. The van der Waals surface area contributed by atoms with Crippen LogP contribution in [-0.2, 0) is 0 Å². The molecule has 0 aromatic carbocycles. The number of hydrogen-bond donors (Lipinski definition) is 0. The molecule has 0 spiro atoms. The summed E-state index contributed by atoms with van der Waals surface area (Å²) >= 11 is 0. The predicted octanol–water partition coefficient (Wildman–Crippen LogP) is 2.25. The molecule has 112 valence electrons. The summed E-state index contributed by atoms with van der Waals surface area (Å²) in [5.41, 5.74) is 2.87. The van der Waals surface area contributed by atoms with Crippen LogP contribution in [-0.4, -0.2) is 52.1 Å². The van der Waals surface area contributed by atoms with Crippen LogP contribution in [0.1, 0.15) is 26.0 Å². The minimum atomic E-state index is 0.620. The van der Waals surface area contributed by atoms with E-state index in [0.29, 0.717) is 6.04 Å². The van der Waals surface area contributed by atoms with Gasteiger partial charge >= 0.3 is 0 Å². The van der Waals surface area contributed by atoms with Gasteiger partial charge in [0.1, 0.15) is 11.8 Å². The molecule has 1 atom stereocenters. The molecular formula is C16H23N5. The summed E-state index contributed by atoms with van der Waals surface area (Å²) in [6.45, 7) is 10.8. The van der Waals surface area contributed by atoms with Crippen molar-refractivity contribution in [2.75, 3.05) is 31.1 Å². The van der Waals surface area contributed by atoms with Gasteiger partial charge in [-0.1, -0.05) is 13.8 Å². The first-order valence-electron chi connectivity index (χ1n) is 7.80. The van der Waals surface area contributed by atoms with Crippen molar-refractivity contribution in [3.8, 4) is 0 Å². The molecule has 5 nitrogen and oxygen atoms in total. The van der Waals surface area contributed by atoms with Gasteiger partial charge < -0.3 is 4.90 Å². The normalized spacial score (nSPS) is 18.9. The molecule has 1 unspecified atom stereocenters. The lowest BCUT2D eigenvalue weighted by Crippen LogP contribution is -2.37. The van der Waals surface area contributed by atoms with E-state index in [9.17, 15) is 0 Å². The van der Waals surface area contributed by atoms with Gasteiger partial charge in [-0.15, -0.1) is 0 Å². The summed E-state index contributed by atoms with van der Waals surface area (Å²) in [5, 5.41) is 0. The molecule has 1 saturated heterocycles. The molecule has 2 aromatic rings. The monoisotopic (exact) mass is 285 g/mol. The molecule has 0 N–H and O–H groups in total. The summed E-state index contributed by atoms with van der Waals surface area (Å²) in [4.78, 5) is 18.4. The van der Waals surface area contributed by atoms with Crippen molar-refractivity contribution in [1.29, 1.82) is 0 Å². The fourth-order valence-corrected chi connectivity index (χ4v) is 3.23. The van der Waals surface area contributed by atoms with E-state index in [1.807, 2.05) is 19.1 Å². The molecule has 0 bridgehead atoms. The maximum absolute atomic E-state index is 4.65. The van der Waals surface area contributed by atoms with Gasteiger partial charge in [0.15, 0.2) is 5.82 Å². The largest absolute Gasteiger partial charge is 0.353 e. The summed E-state index contributed by atoms with van der Waals surface area (Å²) in [7, 11) is 0. The summed E-state index contributed by atoms with van der Waals surface area (Å²) in [6.07, 6.45) is 2.85. The molecule has 3 rings (SSSR count). The van der Waals surface area contributed by atoms with Crippen molar-refractivity contribution in [1.82, 2.24) is 19.9 Å². The van der Waals surface area contributed by atoms with Crippen molar-refractivity contribution >= 4 is 16.9 Å². The number of likely N-dealkylation sites (N-methyl/N-ethyl adjacent to an activating group) is 1. The van der Waals surface area contributed by atoms with E-state index in [4.69, 9.17) is 0 Å². The number of rotatable bonds is 4. The van der Waals surface area contributed by atoms with Gasteiger partial charge in [-0.05, 0) is 38.6 Å². The fourth-order valence-electron chi connectivity index (χ4n) is 3.23. The Morgan fingerprint density at radius 2 is 2.05 bits per heavy atom. The van der Waals surface area contributed by atoms with E-state index >= 15 is 0 Å². The van der Waals surface area contributed by atoms with E-state index in [1.165, 1.54) is 6.42 Å². The highest BCUT2D eigenvalue weighted by Crippen LogP contribution is 2.26. The van der Waals surface area contributed by atoms with Gasteiger partial charge in [0.2, 0.25) is 0 Å². The zero-order valence-corrected chi connectivity index (χ0v) is 13.1. The zero-order chi connectivity index (χ0) is 14.8. The summed E-state index contributed by atoms with van der Waals surface area (Å²) < 4.78 is 0. The Labute approximate surface area is 126 Å². The fraction of sp³-hybridized carbons (Fsp3) is 0.562. The van der Waals surface area contributed by atoms with Crippen molar-refractivity contribution in [2.45, 2.75) is 33.2 Å². The zero-order valence-electron chi connectivity index (χ0n) is 13.1. The molecule has 1 aliphatic rings. The lowest BCUT2D eigenvalue weighted by molar-refractivity contribution is 0.232. The van der Waals surface area contributed by atoms with Crippen LogP contribution in [0.5, 0.6) is 0 Å². The minimum Gasteiger partial charge on any atom is -0.353 e. The van der Waals surface area contributed by atoms with Crippen LogP contribution in [0, 0.1) is 6.92 Å². The Hall–Kier alpha value is -1.75. The van der Waals surface area contributed by atoms with Gasteiger partial charge in [-0.3, -0.25) is 4.90 Å². The Morgan fingerprint density at radius 1 is 1.24 bits per heavy atom. The SMILES string of the molecule is CCN(CC)C1CCN(c2ncnc3ccc(C)nc23)C1. The average Bonchev–Trinajstić information content (AvgIpc) is 2.97. The van der Waals surface area contributed by atoms with Crippen LogP contribution >= 0.6 is 0 Å². The van der Waals surface area contributed by atoms with Gasteiger partial charge in [0.25, 0.3) is 0 Å². The molecule has 0 amide bonds. The van der Waals surface area contributed by atoms with Gasteiger partial charge in [-0.2, -0.15) is 0 Å². The number of anilines is 1. The first-order chi connectivity index (χ1) is 10.2. The van der Waals surface area contributed by atoms with Crippen molar-refractivity contribution < 1.29 is 0 Å². The third-order valence-corrected chi connectivity index (χ3v) is 4.39. The molecule has 2 aromatic heterocycles. The first kappa shape index (κ1) is 14.2. The third kappa shape index (κ3) is 2.70. The van der Waals surface area contributed by atoms with E-state index in [2.05, 4.69) is 38.6 Å².